The van der Waals surface area contributed by atoms with Crippen molar-refractivity contribution < 1.29 is 9.84 Å². The molecular weight excluding hydrogens is 372 g/mol. The monoisotopic (exact) mass is 402 g/mol. The third-order valence-electron chi connectivity index (χ3n) is 4.85. The highest BCUT2D eigenvalue weighted by atomic mass is 32.1. The number of benzene rings is 1. The van der Waals surface area contributed by atoms with Crippen molar-refractivity contribution in [3.63, 3.8) is 0 Å². The number of aliphatic imine (C=N–C) groups is 1. The van der Waals surface area contributed by atoms with Crippen LogP contribution < -0.4 is 10.1 Å². The van der Waals surface area contributed by atoms with E-state index in [4.69, 9.17) is 9.72 Å². The van der Waals surface area contributed by atoms with Gasteiger partial charge in [0.05, 0.1) is 32.0 Å². The minimum atomic E-state index is -0.677. The maximum Gasteiger partial charge on any atom is 0.194 e. The van der Waals surface area contributed by atoms with E-state index < -0.39 is 6.10 Å². The number of fused-ring (bicyclic) bond motifs is 1. The Bertz CT molecular complexity index is 782. The molecule has 152 valence electrons. The second-order valence-electron chi connectivity index (χ2n) is 7.03. The molecule has 1 aliphatic rings. The highest BCUT2D eigenvalue weighted by Crippen LogP contribution is 2.27. The maximum atomic E-state index is 10.5. The number of guanidine groups is 1. The van der Waals surface area contributed by atoms with Gasteiger partial charge in [0.25, 0.3) is 0 Å². The van der Waals surface area contributed by atoms with Gasteiger partial charge in [0.2, 0.25) is 0 Å². The Morgan fingerprint density at radius 3 is 2.96 bits per heavy atom. The fourth-order valence-corrected chi connectivity index (χ4v) is 4.56. The number of thiazole rings is 1. The van der Waals surface area contributed by atoms with E-state index in [1.54, 1.807) is 7.11 Å². The number of aliphatic hydroxyl groups excluding tert-OH is 1. The fourth-order valence-electron chi connectivity index (χ4n) is 3.35. The molecule has 1 unspecified atom stereocenters. The minimum absolute atomic E-state index is 0.286. The molecule has 1 aliphatic carbocycles. The van der Waals surface area contributed by atoms with Gasteiger partial charge in [-0.1, -0.05) is 12.1 Å². The summed E-state index contributed by atoms with van der Waals surface area (Å²) < 4.78 is 5.23. The lowest BCUT2D eigenvalue weighted by molar-refractivity contribution is 0.186. The Labute approximate surface area is 171 Å². The van der Waals surface area contributed by atoms with Gasteiger partial charge in [-0.15, -0.1) is 11.3 Å². The zero-order valence-corrected chi connectivity index (χ0v) is 17.8. The summed E-state index contributed by atoms with van der Waals surface area (Å²) in [6.07, 6.45) is 4.12. The molecule has 1 heterocycles. The van der Waals surface area contributed by atoms with Crippen LogP contribution in [-0.2, 0) is 19.4 Å². The molecule has 0 aliphatic heterocycles. The molecule has 0 fully saturated rings. The van der Waals surface area contributed by atoms with Gasteiger partial charge in [-0.3, -0.25) is 4.99 Å². The highest BCUT2D eigenvalue weighted by Gasteiger charge is 2.17. The quantitative estimate of drug-likeness (QED) is 0.550. The normalized spacial score (nSPS) is 15.1. The van der Waals surface area contributed by atoms with Crippen molar-refractivity contribution in [3.05, 3.63) is 45.4 Å². The van der Waals surface area contributed by atoms with E-state index in [1.165, 1.54) is 23.4 Å². The first-order chi connectivity index (χ1) is 13.6. The van der Waals surface area contributed by atoms with E-state index in [0.29, 0.717) is 0 Å². The number of nitrogens with one attached hydrogen (secondary N) is 1. The van der Waals surface area contributed by atoms with Gasteiger partial charge in [0.15, 0.2) is 5.96 Å². The molecule has 1 aromatic carbocycles. The maximum absolute atomic E-state index is 10.5. The number of ether oxygens (including phenoxy) is 1. The molecule has 0 saturated heterocycles. The Morgan fingerprint density at radius 2 is 2.21 bits per heavy atom. The lowest BCUT2D eigenvalue weighted by Gasteiger charge is -2.21. The van der Waals surface area contributed by atoms with E-state index in [9.17, 15) is 5.11 Å². The Hall–Kier alpha value is -2.12. The van der Waals surface area contributed by atoms with Crippen molar-refractivity contribution >= 4 is 17.3 Å². The van der Waals surface area contributed by atoms with Crippen LogP contribution in [0.25, 0.3) is 0 Å². The Morgan fingerprint density at radius 1 is 1.39 bits per heavy atom. The van der Waals surface area contributed by atoms with Gasteiger partial charge >= 0.3 is 0 Å². The highest BCUT2D eigenvalue weighted by molar-refractivity contribution is 7.11. The first-order valence-corrected chi connectivity index (χ1v) is 10.7. The molecule has 7 heteroatoms. The summed E-state index contributed by atoms with van der Waals surface area (Å²) in [5.74, 6) is 1.51. The molecule has 2 N–H and O–H groups in total. The van der Waals surface area contributed by atoms with E-state index >= 15 is 0 Å². The van der Waals surface area contributed by atoms with E-state index in [0.717, 1.165) is 48.2 Å². The number of methoxy groups -OCH3 is 1. The molecule has 0 amide bonds. The molecular formula is C21H30N4O2S. The van der Waals surface area contributed by atoms with Crippen LogP contribution in [0.4, 0.5) is 0 Å². The summed E-state index contributed by atoms with van der Waals surface area (Å²) in [7, 11) is 3.64. The van der Waals surface area contributed by atoms with Crippen molar-refractivity contribution in [2.45, 2.75) is 45.3 Å². The average Bonchev–Trinajstić information content (AvgIpc) is 3.13. The second-order valence-corrected chi connectivity index (χ2v) is 8.20. The first-order valence-electron chi connectivity index (χ1n) is 9.89. The molecule has 0 saturated carbocycles. The Balaban J connectivity index is 1.66. The topological polar surface area (TPSA) is 70.0 Å². The zero-order valence-electron chi connectivity index (χ0n) is 16.9. The van der Waals surface area contributed by atoms with Crippen molar-refractivity contribution in [1.82, 2.24) is 15.2 Å². The van der Waals surface area contributed by atoms with E-state index in [2.05, 4.69) is 15.2 Å². The third-order valence-corrected chi connectivity index (χ3v) is 5.99. The third kappa shape index (κ3) is 5.23. The van der Waals surface area contributed by atoms with Gasteiger partial charge in [-0.25, -0.2) is 4.98 Å². The molecule has 0 radical (unpaired) electrons. The average molecular weight is 403 g/mol. The van der Waals surface area contributed by atoms with Crippen LogP contribution in [0.2, 0.25) is 0 Å². The molecule has 0 spiro atoms. The number of hydrogen-bond donors (Lipinski definition) is 2. The van der Waals surface area contributed by atoms with E-state index in [1.807, 2.05) is 49.6 Å². The summed E-state index contributed by atoms with van der Waals surface area (Å²) in [6.45, 7) is 3.82. The summed E-state index contributed by atoms with van der Waals surface area (Å²) in [6, 6.07) is 7.48. The van der Waals surface area contributed by atoms with Crippen LogP contribution in [0.3, 0.4) is 0 Å². The van der Waals surface area contributed by atoms with Crippen molar-refractivity contribution in [1.29, 1.82) is 0 Å². The standard InChI is InChI=1S/C21H30N4O2S/c1-4-22-21(23-13-18(26)15-8-7-9-16(12-15)27-3)25(2)14-20-24-17-10-5-6-11-19(17)28-20/h7-9,12,18,26H,4-6,10-11,13-14H2,1-3H3,(H,22,23). The lowest BCUT2D eigenvalue weighted by atomic mass is 10.0. The molecule has 1 atom stereocenters. The first kappa shape index (κ1) is 20.6. The number of rotatable bonds is 7. The summed E-state index contributed by atoms with van der Waals surface area (Å²) in [5, 5.41) is 15.0. The number of aryl methyl sites for hydroxylation is 2. The predicted octanol–water partition coefficient (Wildman–Crippen LogP) is 3.16. The van der Waals surface area contributed by atoms with Crippen molar-refractivity contribution in [3.8, 4) is 5.75 Å². The molecule has 3 rings (SSSR count). The van der Waals surface area contributed by atoms with Crippen LogP contribution in [0.5, 0.6) is 5.75 Å². The summed E-state index contributed by atoms with van der Waals surface area (Å²) in [4.78, 5) is 13.0. The van der Waals surface area contributed by atoms with Crippen molar-refractivity contribution in [2.75, 3.05) is 27.2 Å². The minimum Gasteiger partial charge on any atom is -0.497 e. The molecule has 1 aromatic heterocycles. The van der Waals surface area contributed by atoms with Gasteiger partial charge in [0, 0.05) is 18.5 Å². The molecule has 6 nitrogen and oxygen atoms in total. The van der Waals surface area contributed by atoms with Gasteiger partial charge < -0.3 is 20.1 Å². The molecule has 28 heavy (non-hydrogen) atoms. The largest absolute Gasteiger partial charge is 0.497 e. The lowest BCUT2D eigenvalue weighted by Crippen LogP contribution is -2.38. The molecule has 0 bridgehead atoms. The zero-order chi connectivity index (χ0) is 19.9. The number of aliphatic hydroxyl groups is 1. The Kier molecular flexibility index (Phi) is 7.28. The number of nitrogens with zero attached hydrogens (tertiary/aromatic N) is 3. The smallest absolute Gasteiger partial charge is 0.194 e. The summed E-state index contributed by atoms with van der Waals surface area (Å²) in [5.41, 5.74) is 2.09. The van der Waals surface area contributed by atoms with Crippen LogP contribution in [-0.4, -0.2) is 48.2 Å². The van der Waals surface area contributed by atoms with Gasteiger partial charge in [-0.2, -0.15) is 0 Å². The van der Waals surface area contributed by atoms with Gasteiger partial charge in [0.1, 0.15) is 10.8 Å². The van der Waals surface area contributed by atoms with Crippen LogP contribution in [0.15, 0.2) is 29.3 Å². The van der Waals surface area contributed by atoms with Crippen LogP contribution in [0.1, 0.15) is 47.0 Å². The van der Waals surface area contributed by atoms with E-state index in [-0.39, 0.29) is 6.54 Å². The van der Waals surface area contributed by atoms with Gasteiger partial charge in [-0.05, 0) is 50.3 Å². The fraction of sp³-hybridized carbons (Fsp3) is 0.524. The van der Waals surface area contributed by atoms with Crippen LogP contribution in [0, 0.1) is 0 Å². The molecule has 2 aromatic rings. The predicted molar refractivity (Wildman–Crippen MR) is 114 cm³/mol. The second kappa shape index (κ2) is 9.89. The van der Waals surface area contributed by atoms with Crippen LogP contribution >= 0.6 is 11.3 Å². The summed E-state index contributed by atoms with van der Waals surface area (Å²) >= 11 is 1.83. The number of aromatic nitrogens is 1. The SMILES string of the molecule is CCNC(=NCC(O)c1cccc(OC)c1)N(C)Cc1nc2c(s1)CCCC2. The number of hydrogen-bond acceptors (Lipinski definition) is 5. The van der Waals surface area contributed by atoms with Crippen molar-refractivity contribution in [2.24, 2.45) is 4.99 Å².